The van der Waals surface area contributed by atoms with Crippen molar-refractivity contribution in [2.75, 3.05) is 6.79 Å². The second kappa shape index (κ2) is 7.62. The molecule has 6 rings (SSSR count). The highest BCUT2D eigenvalue weighted by Gasteiger charge is 2.20. The Labute approximate surface area is 195 Å². The normalized spacial score (nSPS) is 13.2. The molecule has 0 radical (unpaired) electrons. The number of hydrogen-bond acceptors (Lipinski definition) is 5. The topological polar surface area (TPSA) is 52.8 Å². The molecule has 3 aromatic carbocycles. The zero-order valence-corrected chi connectivity index (χ0v) is 19.0. The van der Waals surface area contributed by atoms with Crippen LogP contribution < -0.4 is 19.6 Å². The van der Waals surface area contributed by atoms with Crippen molar-refractivity contribution in [2.24, 2.45) is 0 Å². The van der Waals surface area contributed by atoms with Gasteiger partial charge in [0.1, 0.15) is 0 Å². The third-order valence-corrected chi connectivity index (χ3v) is 6.99. The first kappa shape index (κ1) is 19.3. The molecule has 32 heavy (non-hydrogen) atoms. The van der Waals surface area contributed by atoms with E-state index in [-0.39, 0.29) is 12.4 Å². The molecule has 0 atom stereocenters. The van der Waals surface area contributed by atoms with Crippen LogP contribution in [-0.2, 0) is 0 Å². The lowest BCUT2D eigenvalue weighted by atomic mass is 10.1. The minimum atomic E-state index is -0.0944. The summed E-state index contributed by atoms with van der Waals surface area (Å²) in [6.45, 7) is 0.202. The fourth-order valence-corrected chi connectivity index (χ4v) is 5.24. The number of fused-ring (bicyclic) bond motifs is 2. The Morgan fingerprint density at radius 3 is 2.31 bits per heavy atom. The van der Waals surface area contributed by atoms with Gasteiger partial charge in [-0.15, -0.1) is 0 Å². The number of aromatic nitrogens is 2. The molecule has 0 fully saturated rings. The summed E-state index contributed by atoms with van der Waals surface area (Å²) in [5, 5.41) is 0. The van der Waals surface area contributed by atoms with Crippen LogP contribution in [0.15, 0.2) is 82.1 Å². The summed E-state index contributed by atoms with van der Waals surface area (Å²) >= 11 is 4.95. The number of imidazole rings is 1. The Hall–Kier alpha value is -3.42. The van der Waals surface area contributed by atoms with Gasteiger partial charge < -0.3 is 9.47 Å². The van der Waals surface area contributed by atoms with Crippen LogP contribution >= 0.6 is 27.3 Å². The fraction of sp³-hybridized carbons (Fsp3) is 0.0400. The van der Waals surface area contributed by atoms with Crippen molar-refractivity contribution in [3.63, 3.8) is 0 Å². The van der Waals surface area contributed by atoms with Crippen molar-refractivity contribution in [1.82, 2.24) is 9.38 Å². The summed E-state index contributed by atoms with van der Waals surface area (Å²) < 4.78 is 14.1. The van der Waals surface area contributed by atoms with E-state index >= 15 is 0 Å². The van der Waals surface area contributed by atoms with Crippen molar-refractivity contribution >= 4 is 38.3 Å². The monoisotopic (exact) mass is 502 g/mol. The number of nitrogens with zero attached hydrogens (tertiary/aromatic N) is 2. The smallest absolute Gasteiger partial charge is 0.274 e. The standard InChI is InChI=1S/C25H15BrN2O3S/c26-18-13-20-19(30-14-31-20)11-17(18)12-21-24(29)28-23(16-9-5-2-6-10-16)22(27-25(28)32-21)15-7-3-1-4-8-15/h1-13H,14H2. The number of ether oxygens (including phenoxy) is 2. The van der Waals surface area contributed by atoms with Gasteiger partial charge in [0.15, 0.2) is 16.5 Å². The van der Waals surface area contributed by atoms with Crippen LogP contribution in [0.5, 0.6) is 11.5 Å². The number of benzene rings is 3. The highest BCUT2D eigenvalue weighted by molar-refractivity contribution is 9.10. The number of rotatable bonds is 3. The molecule has 0 saturated heterocycles. The van der Waals surface area contributed by atoms with E-state index in [1.54, 1.807) is 4.40 Å². The quantitative estimate of drug-likeness (QED) is 0.343. The van der Waals surface area contributed by atoms with Gasteiger partial charge in [0, 0.05) is 15.6 Å². The van der Waals surface area contributed by atoms with E-state index < -0.39 is 0 Å². The van der Waals surface area contributed by atoms with E-state index in [4.69, 9.17) is 14.5 Å². The van der Waals surface area contributed by atoms with Crippen molar-refractivity contribution in [1.29, 1.82) is 0 Å². The summed E-state index contributed by atoms with van der Waals surface area (Å²) in [6, 6.07) is 23.6. The fourth-order valence-electron chi connectivity index (χ4n) is 3.84. The summed E-state index contributed by atoms with van der Waals surface area (Å²) in [5.74, 6) is 1.36. The third-order valence-electron chi connectivity index (χ3n) is 5.33. The predicted molar refractivity (Wildman–Crippen MR) is 129 cm³/mol. The molecule has 5 nitrogen and oxygen atoms in total. The summed E-state index contributed by atoms with van der Waals surface area (Å²) in [7, 11) is 0. The van der Waals surface area contributed by atoms with Crippen molar-refractivity contribution in [2.45, 2.75) is 0 Å². The minimum Gasteiger partial charge on any atom is -0.454 e. The average Bonchev–Trinajstić information content (AvgIpc) is 3.50. The van der Waals surface area contributed by atoms with E-state index in [1.807, 2.05) is 78.9 Å². The number of hydrogen-bond donors (Lipinski definition) is 0. The van der Waals surface area contributed by atoms with Gasteiger partial charge in [-0.1, -0.05) is 87.9 Å². The Kier molecular flexibility index (Phi) is 4.59. The zero-order chi connectivity index (χ0) is 21.7. The summed E-state index contributed by atoms with van der Waals surface area (Å²) in [6.07, 6.45) is 1.87. The van der Waals surface area contributed by atoms with Gasteiger partial charge >= 0.3 is 0 Å². The van der Waals surface area contributed by atoms with Gasteiger partial charge in [-0.2, -0.15) is 0 Å². The number of halogens is 1. The highest BCUT2D eigenvalue weighted by Crippen LogP contribution is 2.37. The van der Waals surface area contributed by atoms with E-state index in [1.165, 1.54) is 11.3 Å². The highest BCUT2D eigenvalue weighted by atomic mass is 79.9. The van der Waals surface area contributed by atoms with Gasteiger partial charge in [0.05, 0.1) is 15.9 Å². The van der Waals surface area contributed by atoms with Crippen LogP contribution in [0.25, 0.3) is 33.6 Å². The first-order chi connectivity index (χ1) is 15.7. The predicted octanol–water partition coefficient (Wildman–Crippen LogP) is 5.13. The molecule has 2 aromatic heterocycles. The zero-order valence-electron chi connectivity index (χ0n) is 16.6. The Morgan fingerprint density at radius 2 is 1.59 bits per heavy atom. The van der Waals surface area contributed by atoms with Crippen molar-refractivity contribution in [3.8, 4) is 34.0 Å². The molecule has 156 valence electrons. The SMILES string of the molecule is O=c1c(=Cc2cc3c(cc2Br)OCO3)sc2nc(-c3ccccc3)c(-c3ccccc3)n12. The van der Waals surface area contributed by atoms with Crippen LogP contribution in [0.1, 0.15) is 5.56 Å². The Morgan fingerprint density at radius 1 is 0.938 bits per heavy atom. The van der Waals surface area contributed by atoms with Gasteiger partial charge in [-0.05, 0) is 23.8 Å². The molecular weight excluding hydrogens is 488 g/mol. The lowest BCUT2D eigenvalue weighted by molar-refractivity contribution is 0.174. The molecule has 5 aromatic rings. The molecule has 0 unspecified atom stereocenters. The van der Waals surface area contributed by atoms with Gasteiger partial charge in [-0.25, -0.2) is 9.38 Å². The lowest BCUT2D eigenvalue weighted by Crippen LogP contribution is -2.23. The summed E-state index contributed by atoms with van der Waals surface area (Å²) in [4.78, 5) is 19.1. The Balaban J connectivity index is 1.60. The molecule has 1 aliphatic rings. The van der Waals surface area contributed by atoms with E-state index in [0.29, 0.717) is 21.0 Å². The summed E-state index contributed by atoms with van der Waals surface area (Å²) in [5.41, 5.74) is 4.28. The second-order valence-electron chi connectivity index (χ2n) is 7.30. The molecule has 0 saturated carbocycles. The third kappa shape index (κ3) is 3.13. The number of thiazole rings is 1. The van der Waals surface area contributed by atoms with E-state index in [9.17, 15) is 4.79 Å². The maximum Gasteiger partial charge on any atom is 0.274 e. The van der Waals surface area contributed by atoms with Gasteiger partial charge in [0.25, 0.3) is 5.56 Å². The largest absolute Gasteiger partial charge is 0.454 e. The molecule has 0 bridgehead atoms. The first-order valence-corrected chi connectivity index (χ1v) is 11.6. The molecule has 0 amide bonds. The molecule has 0 aliphatic carbocycles. The van der Waals surface area contributed by atoms with Crippen molar-refractivity contribution in [3.05, 3.63) is 97.7 Å². The van der Waals surface area contributed by atoms with Crippen molar-refractivity contribution < 1.29 is 9.47 Å². The molecule has 0 spiro atoms. The molecule has 0 N–H and O–H groups in total. The first-order valence-electron chi connectivity index (χ1n) is 9.96. The van der Waals surface area contributed by atoms with Crippen LogP contribution in [0.2, 0.25) is 0 Å². The molecule has 3 heterocycles. The van der Waals surface area contributed by atoms with Gasteiger partial charge in [-0.3, -0.25) is 4.79 Å². The van der Waals surface area contributed by atoms with E-state index in [0.717, 1.165) is 32.6 Å². The molecule has 1 aliphatic heterocycles. The molecule has 7 heteroatoms. The lowest BCUT2D eigenvalue weighted by Gasteiger charge is -2.04. The van der Waals surface area contributed by atoms with Crippen LogP contribution in [-0.4, -0.2) is 16.2 Å². The minimum absolute atomic E-state index is 0.0944. The average molecular weight is 503 g/mol. The van der Waals surface area contributed by atoms with Gasteiger partial charge in [0.2, 0.25) is 6.79 Å². The maximum absolute atomic E-state index is 13.5. The van der Waals surface area contributed by atoms with Crippen LogP contribution in [0.3, 0.4) is 0 Å². The van der Waals surface area contributed by atoms with Crippen LogP contribution in [0.4, 0.5) is 0 Å². The molecular formula is C25H15BrN2O3S. The van der Waals surface area contributed by atoms with Crippen LogP contribution in [0, 0.1) is 0 Å². The van der Waals surface area contributed by atoms with E-state index in [2.05, 4.69) is 15.9 Å². The Bertz CT molecular complexity index is 1580. The second-order valence-corrected chi connectivity index (χ2v) is 9.17. The maximum atomic E-state index is 13.5.